The highest BCUT2D eigenvalue weighted by Crippen LogP contribution is 2.37. The number of benzene rings is 1. The quantitative estimate of drug-likeness (QED) is 0.624. The molecular weight excluding hydrogens is 395 g/mol. The molecule has 4 nitrogen and oxygen atoms in total. The van der Waals surface area contributed by atoms with Gasteiger partial charge in [0.25, 0.3) is 0 Å². The topological polar surface area (TPSA) is 32.8 Å². The molecule has 1 aromatic carbocycles. The van der Waals surface area contributed by atoms with Crippen LogP contribution in [0.1, 0.15) is 44.6 Å². The second-order valence-corrected chi connectivity index (χ2v) is 7.77. The van der Waals surface area contributed by atoms with Crippen LogP contribution in [0.2, 0.25) is 0 Å². The Hall–Kier alpha value is -0.650. The lowest BCUT2D eigenvalue weighted by Gasteiger charge is -2.42. The number of likely N-dealkylation sites (tertiary alicyclic amines) is 1. The maximum Gasteiger partial charge on any atom is 0.143 e. The van der Waals surface area contributed by atoms with Gasteiger partial charge in [-0.1, -0.05) is 43.7 Å². The standard InChI is InChI=1S/C22H34N2O2.2ClH/c1-2-3-9-21(25)22(20-7-5-4-6-8-20)10-12-23(13-11-22)14-15-24-16-18-26-19-17-24;;/h4-8H,2-3,9-19H2,1H3;2*1H. The number of carbonyl (C=O) groups is 1. The molecule has 0 N–H and O–H groups in total. The van der Waals surface area contributed by atoms with Gasteiger partial charge in [-0.25, -0.2) is 0 Å². The number of nitrogens with zero attached hydrogens (tertiary/aromatic N) is 2. The van der Waals surface area contributed by atoms with Crippen LogP contribution in [0, 0.1) is 0 Å². The van der Waals surface area contributed by atoms with Crippen molar-refractivity contribution in [2.24, 2.45) is 0 Å². The number of ether oxygens (including phenoxy) is 1. The molecule has 0 aromatic heterocycles. The molecule has 0 unspecified atom stereocenters. The summed E-state index contributed by atoms with van der Waals surface area (Å²) in [6, 6.07) is 10.5. The Morgan fingerprint density at radius 3 is 2.11 bits per heavy atom. The van der Waals surface area contributed by atoms with E-state index in [-0.39, 0.29) is 30.2 Å². The summed E-state index contributed by atoms with van der Waals surface area (Å²) in [5.41, 5.74) is 0.972. The van der Waals surface area contributed by atoms with Gasteiger partial charge in [-0.2, -0.15) is 0 Å². The molecule has 0 saturated carbocycles. The van der Waals surface area contributed by atoms with E-state index in [1.165, 1.54) is 5.56 Å². The summed E-state index contributed by atoms with van der Waals surface area (Å²) < 4.78 is 5.43. The second-order valence-electron chi connectivity index (χ2n) is 7.77. The maximum absolute atomic E-state index is 13.2. The fourth-order valence-electron chi connectivity index (χ4n) is 4.33. The summed E-state index contributed by atoms with van der Waals surface area (Å²) in [5.74, 6) is 0.457. The zero-order valence-electron chi connectivity index (χ0n) is 17.1. The van der Waals surface area contributed by atoms with Crippen LogP contribution in [0.15, 0.2) is 30.3 Å². The van der Waals surface area contributed by atoms with Gasteiger partial charge in [0.05, 0.1) is 18.6 Å². The van der Waals surface area contributed by atoms with E-state index in [1.807, 2.05) is 6.07 Å². The number of rotatable bonds is 8. The molecule has 160 valence electrons. The van der Waals surface area contributed by atoms with Gasteiger partial charge >= 0.3 is 0 Å². The van der Waals surface area contributed by atoms with Gasteiger partial charge in [-0.15, -0.1) is 24.8 Å². The zero-order chi connectivity index (χ0) is 18.2. The Balaban J connectivity index is 0.00000196. The lowest BCUT2D eigenvalue weighted by atomic mass is 9.68. The smallest absolute Gasteiger partial charge is 0.143 e. The molecule has 0 radical (unpaired) electrons. The highest BCUT2D eigenvalue weighted by Gasteiger charge is 2.41. The van der Waals surface area contributed by atoms with Crippen LogP contribution in [0.3, 0.4) is 0 Å². The third kappa shape index (κ3) is 6.43. The molecule has 3 rings (SSSR count). The number of carbonyl (C=O) groups excluding carboxylic acids is 1. The number of morpholine rings is 1. The number of halogens is 2. The average Bonchev–Trinajstić information content (AvgIpc) is 2.72. The lowest BCUT2D eigenvalue weighted by molar-refractivity contribution is -0.126. The van der Waals surface area contributed by atoms with Crippen LogP contribution in [0.5, 0.6) is 0 Å². The third-order valence-corrected chi connectivity index (χ3v) is 6.16. The molecule has 2 fully saturated rings. The largest absolute Gasteiger partial charge is 0.379 e. The van der Waals surface area contributed by atoms with E-state index in [9.17, 15) is 4.79 Å². The highest BCUT2D eigenvalue weighted by molar-refractivity contribution is 5.90. The van der Waals surface area contributed by atoms with E-state index in [4.69, 9.17) is 4.74 Å². The van der Waals surface area contributed by atoms with Crippen LogP contribution >= 0.6 is 24.8 Å². The first-order valence-electron chi connectivity index (χ1n) is 10.4. The molecule has 2 heterocycles. The van der Waals surface area contributed by atoms with Gasteiger partial charge in [0.15, 0.2) is 0 Å². The van der Waals surface area contributed by atoms with Gasteiger partial charge in [0.2, 0.25) is 0 Å². The van der Waals surface area contributed by atoms with Gasteiger partial charge < -0.3 is 9.64 Å². The van der Waals surface area contributed by atoms with Crippen molar-refractivity contribution in [1.82, 2.24) is 9.80 Å². The molecule has 2 saturated heterocycles. The van der Waals surface area contributed by atoms with Crippen molar-refractivity contribution in [1.29, 1.82) is 0 Å². The Labute approximate surface area is 182 Å². The molecule has 0 atom stereocenters. The number of unbranched alkanes of at least 4 members (excludes halogenated alkanes) is 1. The van der Waals surface area contributed by atoms with E-state index in [0.29, 0.717) is 5.78 Å². The van der Waals surface area contributed by atoms with Crippen LogP contribution in [0.4, 0.5) is 0 Å². The molecule has 6 heteroatoms. The summed E-state index contributed by atoms with van der Waals surface area (Å²) in [6.45, 7) is 10.3. The minimum atomic E-state index is -0.258. The van der Waals surface area contributed by atoms with Crippen molar-refractivity contribution in [3.05, 3.63) is 35.9 Å². The summed E-state index contributed by atoms with van der Waals surface area (Å²) in [4.78, 5) is 18.2. The molecule has 0 bridgehead atoms. The van der Waals surface area contributed by atoms with Crippen molar-refractivity contribution in [2.75, 3.05) is 52.5 Å². The number of hydrogen-bond acceptors (Lipinski definition) is 4. The minimum absolute atomic E-state index is 0. The monoisotopic (exact) mass is 430 g/mol. The minimum Gasteiger partial charge on any atom is -0.379 e. The lowest BCUT2D eigenvalue weighted by Crippen LogP contribution is -2.49. The fraction of sp³-hybridized carbons (Fsp3) is 0.682. The number of ketones is 1. The first kappa shape index (κ1) is 25.4. The Bertz CT molecular complexity index is 557. The van der Waals surface area contributed by atoms with Crippen molar-refractivity contribution < 1.29 is 9.53 Å². The zero-order valence-corrected chi connectivity index (χ0v) is 18.7. The average molecular weight is 431 g/mol. The molecule has 0 spiro atoms. The van der Waals surface area contributed by atoms with Crippen molar-refractivity contribution in [2.45, 2.75) is 44.4 Å². The Kier molecular flexibility index (Phi) is 11.6. The third-order valence-electron chi connectivity index (χ3n) is 6.16. The molecule has 0 aliphatic carbocycles. The van der Waals surface area contributed by atoms with E-state index in [1.54, 1.807) is 0 Å². The van der Waals surface area contributed by atoms with E-state index < -0.39 is 0 Å². The normalized spacial score (nSPS) is 20.0. The number of hydrogen-bond donors (Lipinski definition) is 0. The Morgan fingerprint density at radius 2 is 1.54 bits per heavy atom. The molecule has 1 aromatic rings. The molecule has 0 amide bonds. The molecule has 2 aliphatic heterocycles. The van der Waals surface area contributed by atoms with E-state index in [2.05, 4.69) is 41.0 Å². The number of piperidine rings is 1. The second kappa shape index (κ2) is 12.8. The SMILES string of the molecule is CCCCC(=O)C1(c2ccccc2)CCN(CCN2CCOCC2)CC1.Cl.Cl. The van der Waals surface area contributed by atoms with Crippen LogP contribution in [0.25, 0.3) is 0 Å². The summed E-state index contributed by atoms with van der Waals surface area (Å²) >= 11 is 0. The number of Topliss-reactive ketones (excluding diaryl/α,β-unsaturated/α-hetero) is 1. The Morgan fingerprint density at radius 1 is 0.964 bits per heavy atom. The van der Waals surface area contributed by atoms with Crippen molar-refractivity contribution in [3.63, 3.8) is 0 Å². The molecular formula is C22H36Cl2N2O2. The van der Waals surface area contributed by atoms with Gasteiger partial charge in [0.1, 0.15) is 5.78 Å². The fourth-order valence-corrected chi connectivity index (χ4v) is 4.33. The predicted octanol–water partition coefficient (Wildman–Crippen LogP) is 3.96. The van der Waals surface area contributed by atoms with Gasteiger partial charge in [0, 0.05) is 32.6 Å². The maximum atomic E-state index is 13.2. The summed E-state index contributed by atoms with van der Waals surface area (Å²) in [6.07, 6.45) is 4.74. The first-order valence-corrected chi connectivity index (χ1v) is 10.4. The van der Waals surface area contributed by atoms with Crippen LogP contribution in [-0.2, 0) is 14.9 Å². The summed E-state index contributed by atoms with van der Waals surface area (Å²) in [7, 11) is 0. The van der Waals surface area contributed by atoms with Crippen molar-refractivity contribution in [3.8, 4) is 0 Å². The van der Waals surface area contributed by atoms with E-state index >= 15 is 0 Å². The molecule has 28 heavy (non-hydrogen) atoms. The predicted molar refractivity (Wildman–Crippen MR) is 120 cm³/mol. The van der Waals surface area contributed by atoms with E-state index in [0.717, 1.165) is 84.6 Å². The van der Waals surface area contributed by atoms with Crippen LogP contribution < -0.4 is 0 Å². The van der Waals surface area contributed by atoms with Gasteiger partial charge in [-0.05, 0) is 37.9 Å². The van der Waals surface area contributed by atoms with Crippen LogP contribution in [-0.4, -0.2) is 68.1 Å². The highest BCUT2D eigenvalue weighted by atomic mass is 35.5. The van der Waals surface area contributed by atoms with Gasteiger partial charge in [-0.3, -0.25) is 9.69 Å². The molecule has 2 aliphatic rings. The first-order chi connectivity index (χ1) is 12.7. The summed E-state index contributed by atoms with van der Waals surface area (Å²) in [5, 5.41) is 0. The van der Waals surface area contributed by atoms with Crippen molar-refractivity contribution >= 4 is 30.6 Å².